The smallest absolute Gasteiger partial charge is 0.163 e. The summed E-state index contributed by atoms with van der Waals surface area (Å²) in [6.07, 6.45) is 6.30. The topological polar surface area (TPSA) is 72.8 Å². The summed E-state index contributed by atoms with van der Waals surface area (Å²) >= 11 is 0. The fourth-order valence-electron chi connectivity index (χ4n) is 2.78. The Morgan fingerprint density at radius 3 is 2.67 bits per heavy atom. The van der Waals surface area contributed by atoms with Gasteiger partial charge in [0.25, 0.3) is 0 Å². The lowest BCUT2D eigenvalue weighted by Crippen LogP contribution is -2.01. The summed E-state index contributed by atoms with van der Waals surface area (Å²) < 4.78 is 5.36. The standard InChI is InChI=1S/C21H19N5O/c1-3-14-6-9-19(23-12-14)25-21-17-11-16(27-2)7-8-18(17)24-20(26-21)15-5-4-10-22-13-15/h4-13H,3H2,1-2H3,(H,23,24,25,26). The third-order valence-electron chi connectivity index (χ3n) is 4.30. The van der Waals surface area contributed by atoms with Crippen LogP contribution in [0.5, 0.6) is 5.75 Å². The molecule has 0 fully saturated rings. The van der Waals surface area contributed by atoms with Gasteiger partial charge in [-0.1, -0.05) is 13.0 Å². The minimum atomic E-state index is 0.605. The number of pyridine rings is 2. The highest BCUT2D eigenvalue weighted by molar-refractivity contribution is 5.93. The minimum Gasteiger partial charge on any atom is -0.497 e. The van der Waals surface area contributed by atoms with Crippen molar-refractivity contribution < 1.29 is 4.74 Å². The van der Waals surface area contributed by atoms with Crippen molar-refractivity contribution in [3.8, 4) is 17.1 Å². The lowest BCUT2D eigenvalue weighted by molar-refractivity contribution is 0.415. The van der Waals surface area contributed by atoms with Gasteiger partial charge in [0.15, 0.2) is 5.82 Å². The van der Waals surface area contributed by atoms with E-state index in [9.17, 15) is 0 Å². The molecule has 0 saturated carbocycles. The number of methoxy groups -OCH3 is 1. The monoisotopic (exact) mass is 357 g/mol. The Morgan fingerprint density at radius 2 is 1.96 bits per heavy atom. The molecule has 0 radical (unpaired) electrons. The molecule has 0 amide bonds. The molecular formula is C21H19N5O. The predicted molar refractivity (Wildman–Crippen MR) is 106 cm³/mol. The van der Waals surface area contributed by atoms with Crippen molar-refractivity contribution in [3.63, 3.8) is 0 Å². The molecular weight excluding hydrogens is 338 g/mol. The van der Waals surface area contributed by atoms with Crippen LogP contribution in [-0.4, -0.2) is 27.0 Å². The molecule has 1 aromatic carbocycles. The molecule has 0 atom stereocenters. The number of nitrogens with one attached hydrogen (secondary N) is 1. The van der Waals surface area contributed by atoms with E-state index in [1.807, 2.05) is 42.6 Å². The number of aryl methyl sites for hydroxylation is 1. The molecule has 134 valence electrons. The zero-order valence-corrected chi connectivity index (χ0v) is 15.2. The maximum Gasteiger partial charge on any atom is 0.163 e. The molecule has 0 unspecified atom stereocenters. The lowest BCUT2D eigenvalue weighted by atomic mass is 10.2. The summed E-state index contributed by atoms with van der Waals surface area (Å²) in [4.78, 5) is 18.1. The first kappa shape index (κ1) is 16.9. The number of nitrogens with zero attached hydrogens (tertiary/aromatic N) is 4. The van der Waals surface area contributed by atoms with Crippen LogP contribution in [0, 0.1) is 0 Å². The maximum atomic E-state index is 5.36. The van der Waals surface area contributed by atoms with Gasteiger partial charge < -0.3 is 10.1 Å². The number of fused-ring (bicyclic) bond motifs is 1. The average molecular weight is 357 g/mol. The van der Waals surface area contributed by atoms with Crippen molar-refractivity contribution in [1.29, 1.82) is 0 Å². The average Bonchev–Trinajstić information content (AvgIpc) is 2.74. The molecule has 3 aromatic heterocycles. The summed E-state index contributed by atoms with van der Waals surface area (Å²) in [6, 6.07) is 13.6. The van der Waals surface area contributed by atoms with Crippen molar-refractivity contribution in [1.82, 2.24) is 19.9 Å². The highest BCUT2D eigenvalue weighted by Gasteiger charge is 2.11. The van der Waals surface area contributed by atoms with Crippen LogP contribution in [0.15, 0.2) is 61.1 Å². The van der Waals surface area contributed by atoms with Crippen LogP contribution < -0.4 is 10.1 Å². The lowest BCUT2D eigenvalue weighted by Gasteiger charge is -2.12. The number of anilines is 2. The van der Waals surface area contributed by atoms with Gasteiger partial charge in [0.1, 0.15) is 17.4 Å². The maximum absolute atomic E-state index is 5.36. The van der Waals surface area contributed by atoms with Crippen LogP contribution in [0.25, 0.3) is 22.3 Å². The molecule has 1 N–H and O–H groups in total. The van der Waals surface area contributed by atoms with Crippen LogP contribution in [0.3, 0.4) is 0 Å². The number of ether oxygens (including phenoxy) is 1. The molecule has 0 spiro atoms. The van der Waals surface area contributed by atoms with Gasteiger partial charge in [0.2, 0.25) is 0 Å². The Hall–Kier alpha value is -3.54. The number of aromatic nitrogens is 4. The van der Waals surface area contributed by atoms with Crippen molar-refractivity contribution in [2.24, 2.45) is 0 Å². The molecule has 3 heterocycles. The fourth-order valence-corrected chi connectivity index (χ4v) is 2.78. The highest BCUT2D eigenvalue weighted by atomic mass is 16.5. The molecule has 4 aromatic rings. The summed E-state index contributed by atoms with van der Waals surface area (Å²) in [5.74, 6) is 2.76. The van der Waals surface area contributed by atoms with Crippen LogP contribution in [0.1, 0.15) is 12.5 Å². The van der Waals surface area contributed by atoms with E-state index in [2.05, 4.69) is 33.3 Å². The normalized spacial score (nSPS) is 10.7. The van der Waals surface area contributed by atoms with Gasteiger partial charge >= 0.3 is 0 Å². The third-order valence-corrected chi connectivity index (χ3v) is 4.30. The highest BCUT2D eigenvalue weighted by Crippen LogP contribution is 2.29. The second-order valence-corrected chi connectivity index (χ2v) is 6.05. The molecule has 6 nitrogen and oxygen atoms in total. The molecule has 0 aliphatic heterocycles. The summed E-state index contributed by atoms with van der Waals surface area (Å²) in [5.41, 5.74) is 2.86. The van der Waals surface area contributed by atoms with Crippen molar-refractivity contribution >= 4 is 22.5 Å². The summed E-state index contributed by atoms with van der Waals surface area (Å²) in [6.45, 7) is 2.11. The van der Waals surface area contributed by atoms with Gasteiger partial charge in [-0.2, -0.15) is 0 Å². The van der Waals surface area contributed by atoms with Gasteiger partial charge in [-0.3, -0.25) is 4.98 Å². The SMILES string of the molecule is CCc1ccc(Nc2nc(-c3cccnc3)nc3ccc(OC)cc23)nc1. The molecule has 27 heavy (non-hydrogen) atoms. The van der Waals surface area contributed by atoms with Gasteiger partial charge in [0, 0.05) is 29.5 Å². The van der Waals surface area contributed by atoms with Gasteiger partial charge in [-0.15, -0.1) is 0 Å². The molecule has 0 aliphatic carbocycles. The van der Waals surface area contributed by atoms with Crippen LogP contribution in [0.2, 0.25) is 0 Å². The van der Waals surface area contributed by atoms with Gasteiger partial charge in [-0.25, -0.2) is 15.0 Å². The van der Waals surface area contributed by atoms with E-state index >= 15 is 0 Å². The molecule has 0 aliphatic rings. The Labute approximate surface area is 157 Å². The Kier molecular flexibility index (Phi) is 4.61. The second kappa shape index (κ2) is 7.37. The first-order valence-corrected chi connectivity index (χ1v) is 8.75. The van der Waals surface area contributed by atoms with Crippen LogP contribution >= 0.6 is 0 Å². The first-order valence-electron chi connectivity index (χ1n) is 8.75. The molecule has 0 saturated heterocycles. The molecule has 4 rings (SSSR count). The van der Waals surface area contributed by atoms with E-state index in [1.54, 1.807) is 19.5 Å². The molecule has 0 bridgehead atoms. The zero-order valence-electron chi connectivity index (χ0n) is 15.2. The van der Waals surface area contributed by atoms with Crippen molar-refractivity contribution in [2.45, 2.75) is 13.3 Å². The predicted octanol–water partition coefficient (Wildman–Crippen LogP) is 4.40. The van der Waals surface area contributed by atoms with Crippen molar-refractivity contribution in [3.05, 3.63) is 66.6 Å². The fraction of sp³-hybridized carbons (Fsp3) is 0.143. The van der Waals surface area contributed by atoms with Gasteiger partial charge in [-0.05, 0) is 48.4 Å². The number of benzene rings is 1. The van der Waals surface area contributed by atoms with E-state index in [0.717, 1.165) is 34.5 Å². The Balaban J connectivity index is 1.83. The van der Waals surface area contributed by atoms with Crippen LogP contribution in [0.4, 0.5) is 11.6 Å². The molecule has 6 heteroatoms. The Bertz CT molecular complexity index is 1070. The third kappa shape index (κ3) is 3.55. The number of hydrogen-bond acceptors (Lipinski definition) is 6. The van der Waals surface area contributed by atoms with Crippen LogP contribution in [-0.2, 0) is 6.42 Å². The van der Waals surface area contributed by atoms with E-state index in [-0.39, 0.29) is 0 Å². The van der Waals surface area contributed by atoms with E-state index in [1.165, 1.54) is 5.56 Å². The quantitative estimate of drug-likeness (QED) is 0.571. The van der Waals surface area contributed by atoms with E-state index < -0.39 is 0 Å². The summed E-state index contributed by atoms with van der Waals surface area (Å²) in [7, 11) is 1.64. The number of rotatable bonds is 5. The Morgan fingerprint density at radius 1 is 1.04 bits per heavy atom. The van der Waals surface area contributed by atoms with E-state index in [0.29, 0.717) is 11.6 Å². The zero-order chi connectivity index (χ0) is 18.6. The van der Waals surface area contributed by atoms with Crippen molar-refractivity contribution in [2.75, 3.05) is 12.4 Å². The first-order chi connectivity index (χ1) is 13.3. The largest absolute Gasteiger partial charge is 0.497 e. The second-order valence-electron chi connectivity index (χ2n) is 6.05. The number of hydrogen-bond donors (Lipinski definition) is 1. The van der Waals surface area contributed by atoms with E-state index in [4.69, 9.17) is 9.72 Å². The minimum absolute atomic E-state index is 0.605. The van der Waals surface area contributed by atoms with Gasteiger partial charge in [0.05, 0.1) is 12.6 Å². The summed E-state index contributed by atoms with van der Waals surface area (Å²) in [5, 5.41) is 4.19.